The maximum atomic E-state index is 12.7. The highest BCUT2D eigenvalue weighted by Gasteiger charge is 2.27. The van der Waals surface area contributed by atoms with Gasteiger partial charge in [-0.05, 0) is 42.5 Å². The summed E-state index contributed by atoms with van der Waals surface area (Å²) in [4.78, 5) is 36.6. The van der Waals surface area contributed by atoms with Crippen molar-refractivity contribution in [3.8, 4) is 5.75 Å². The predicted molar refractivity (Wildman–Crippen MR) is 105 cm³/mol. The standard InChI is InChI=1S/C21H22N2O6/c1-22(17-9-5-7-14-6-3-4-8-16(14)17)20(24)13-29-19-11-10-15(21(25)28-2)12-18(19)23(26)27/h3-4,6,8,10-12,17H,5,7,9,13H2,1-2H3/t17-/m1/s1. The Morgan fingerprint density at radius 1 is 1.24 bits per heavy atom. The lowest BCUT2D eigenvalue weighted by Crippen LogP contribution is -2.36. The van der Waals surface area contributed by atoms with E-state index in [1.165, 1.54) is 24.8 Å². The highest BCUT2D eigenvalue weighted by atomic mass is 16.6. The van der Waals surface area contributed by atoms with Crippen LogP contribution in [-0.4, -0.2) is 42.5 Å². The van der Waals surface area contributed by atoms with Gasteiger partial charge in [-0.15, -0.1) is 0 Å². The van der Waals surface area contributed by atoms with Crippen LogP contribution >= 0.6 is 0 Å². The van der Waals surface area contributed by atoms with Crippen molar-refractivity contribution in [2.75, 3.05) is 20.8 Å². The van der Waals surface area contributed by atoms with Crippen LogP contribution in [-0.2, 0) is 16.0 Å². The smallest absolute Gasteiger partial charge is 0.338 e. The maximum absolute atomic E-state index is 12.7. The van der Waals surface area contributed by atoms with Gasteiger partial charge in [0.1, 0.15) is 0 Å². The minimum absolute atomic E-state index is 0.0359. The van der Waals surface area contributed by atoms with Crippen molar-refractivity contribution in [3.63, 3.8) is 0 Å². The molecule has 2 aromatic carbocycles. The molecule has 1 amide bonds. The van der Waals surface area contributed by atoms with Crippen molar-refractivity contribution in [1.29, 1.82) is 0 Å². The molecule has 1 atom stereocenters. The number of carbonyl (C=O) groups excluding carboxylic acids is 2. The third-order valence-corrected chi connectivity index (χ3v) is 5.13. The zero-order valence-corrected chi connectivity index (χ0v) is 16.3. The van der Waals surface area contributed by atoms with Gasteiger partial charge in [0.05, 0.1) is 23.6 Å². The van der Waals surface area contributed by atoms with Gasteiger partial charge in [-0.1, -0.05) is 24.3 Å². The predicted octanol–water partition coefficient (Wildman–Crippen LogP) is 3.30. The molecule has 0 aromatic heterocycles. The van der Waals surface area contributed by atoms with Crippen molar-refractivity contribution in [2.45, 2.75) is 25.3 Å². The topological polar surface area (TPSA) is 99.0 Å². The lowest BCUT2D eigenvalue weighted by molar-refractivity contribution is -0.385. The number of esters is 1. The van der Waals surface area contributed by atoms with Crippen LogP contribution in [0.5, 0.6) is 5.75 Å². The molecular formula is C21H22N2O6. The third kappa shape index (κ3) is 4.37. The van der Waals surface area contributed by atoms with E-state index < -0.39 is 16.6 Å². The van der Waals surface area contributed by atoms with E-state index in [1.54, 1.807) is 11.9 Å². The van der Waals surface area contributed by atoms with Crippen molar-refractivity contribution in [1.82, 2.24) is 4.90 Å². The molecule has 3 rings (SSSR count). The molecule has 0 fully saturated rings. The van der Waals surface area contributed by atoms with E-state index in [9.17, 15) is 19.7 Å². The average Bonchev–Trinajstić information content (AvgIpc) is 2.75. The number of nitro groups is 1. The fourth-order valence-corrected chi connectivity index (χ4v) is 3.57. The molecule has 0 spiro atoms. The van der Waals surface area contributed by atoms with Gasteiger partial charge in [0.15, 0.2) is 12.4 Å². The molecule has 1 aliphatic carbocycles. The van der Waals surface area contributed by atoms with Gasteiger partial charge in [0, 0.05) is 13.1 Å². The normalized spacial score (nSPS) is 15.2. The molecular weight excluding hydrogens is 376 g/mol. The number of nitrogens with zero attached hydrogens (tertiary/aromatic N) is 2. The van der Waals surface area contributed by atoms with Crippen LogP contribution in [0.4, 0.5) is 5.69 Å². The molecule has 0 aliphatic heterocycles. The van der Waals surface area contributed by atoms with Crippen molar-refractivity contribution >= 4 is 17.6 Å². The van der Waals surface area contributed by atoms with Crippen molar-refractivity contribution < 1.29 is 24.0 Å². The second-order valence-corrected chi connectivity index (χ2v) is 6.83. The van der Waals surface area contributed by atoms with Gasteiger partial charge in [-0.3, -0.25) is 14.9 Å². The summed E-state index contributed by atoms with van der Waals surface area (Å²) in [6.07, 6.45) is 2.83. The number of benzene rings is 2. The first-order chi connectivity index (χ1) is 13.9. The molecule has 1 aliphatic rings. The molecule has 0 radical (unpaired) electrons. The third-order valence-electron chi connectivity index (χ3n) is 5.13. The number of hydrogen-bond acceptors (Lipinski definition) is 6. The molecule has 2 aromatic rings. The number of likely N-dealkylation sites (N-methyl/N-ethyl adjacent to an activating group) is 1. The maximum Gasteiger partial charge on any atom is 0.338 e. The van der Waals surface area contributed by atoms with E-state index in [1.807, 2.05) is 18.2 Å². The van der Waals surface area contributed by atoms with Crippen molar-refractivity contribution in [2.24, 2.45) is 0 Å². The van der Waals surface area contributed by atoms with E-state index in [2.05, 4.69) is 10.8 Å². The number of nitro benzene ring substituents is 1. The van der Waals surface area contributed by atoms with Gasteiger partial charge < -0.3 is 14.4 Å². The average molecular weight is 398 g/mol. The molecule has 0 unspecified atom stereocenters. The Morgan fingerprint density at radius 3 is 2.72 bits per heavy atom. The molecule has 0 saturated heterocycles. The number of methoxy groups -OCH3 is 1. The first kappa shape index (κ1) is 20.3. The fraction of sp³-hybridized carbons (Fsp3) is 0.333. The summed E-state index contributed by atoms with van der Waals surface area (Å²) in [6.45, 7) is -0.340. The van der Waals surface area contributed by atoms with Gasteiger partial charge in [-0.2, -0.15) is 0 Å². The lowest BCUT2D eigenvalue weighted by Gasteiger charge is -2.33. The van der Waals surface area contributed by atoms with E-state index in [0.717, 1.165) is 30.9 Å². The Bertz CT molecular complexity index is 943. The Morgan fingerprint density at radius 2 is 2.00 bits per heavy atom. The van der Waals surface area contributed by atoms with Crippen LogP contribution in [0.2, 0.25) is 0 Å². The van der Waals surface area contributed by atoms with Crippen LogP contribution in [0.25, 0.3) is 0 Å². The molecule has 0 saturated carbocycles. The first-order valence-electron chi connectivity index (χ1n) is 9.25. The summed E-state index contributed by atoms with van der Waals surface area (Å²) in [6, 6.07) is 11.7. The largest absolute Gasteiger partial charge is 0.477 e. The van der Waals surface area contributed by atoms with Gasteiger partial charge in [-0.25, -0.2) is 4.79 Å². The molecule has 0 bridgehead atoms. The Labute approximate surface area is 168 Å². The van der Waals surface area contributed by atoms with Gasteiger partial charge >= 0.3 is 11.7 Å². The SMILES string of the molecule is COC(=O)c1ccc(OCC(=O)N(C)[C@@H]2CCCc3ccccc32)c([N+](=O)[O-])c1. The zero-order chi connectivity index (χ0) is 21.0. The highest BCUT2D eigenvalue weighted by molar-refractivity contribution is 5.90. The minimum atomic E-state index is -0.688. The monoisotopic (exact) mass is 398 g/mol. The number of carbonyl (C=O) groups is 2. The summed E-state index contributed by atoms with van der Waals surface area (Å²) >= 11 is 0. The Hall–Kier alpha value is -3.42. The van der Waals surface area contributed by atoms with Crippen LogP contribution in [0.1, 0.15) is 40.4 Å². The van der Waals surface area contributed by atoms with Crippen molar-refractivity contribution in [3.05, 3.63) is 69.3 Å². The Kier molecular flexibility index (Phi) is 6.11. The lowest BCUT2D eigenvalue weighted by atomic mass is 9.87. The van der Waals surface area contributed by atoms with E-state index in [4.69, 9.17) is 4.74 Å². The first-order valence-corrected chi connectivity index (χ1v) is 9.25. The molecule has 0 heterocycles. The molecule has 8 nitrogen and oxygen atoms in total. The second-order valence-electron chi connectivity index (χ2n) is 6.83. The van der Waals surface area contributed by atoms with Gasteiger partial charge in [0.2, 0.25) is 0 Å². The fourth-order valence-electron chi connectivity index (χ4n) is 3.57. The Balaban J connectivity index is 1.72. The number of amides is 1. The summed E-state index contributed by atoms with van der Waals surface area (Å²) in [5.74, 6) is -1.04. The molecule has 0 N–H and O–H groups in total. The second kappa shape index (κ2) is 8.72. The number of hydrogen-bond donors (Lipinski definition) is 0. The van der Waals surface area contributed by atoms with E-state index >= 15 is 0 Å². The summed E-state index contributed by atoms with van der Waals surface area (Å²) < 4.78 is 10.0. The number of fused-ring (bicyclic) bond motifs is 1. The molecule has 29 heavy (non-hydrogen) atoms. The summed E-state index contributed by atoms with van der Waals surface area (Å²) in [5.41, 5.74) is 2.00. The van der Waals surface area contributed by atoms with Crippen LogP contribution in [0, 0.1) is 10.1 Å². The van der Waals surface area contributed by atoms with Gasteiger partial charge in [0.25, 0.3) is 5.91 Å². The highest BCUT2D eigenvalue weighted by Crippen LogP contribution is 2.34. The van der Waals surface area contributed by atoms with Crippen LogP contribution < -0.4 is 4.74 Å². The zero-order valence-electron chi connectivity index (χ0n) is 16.3. The van der Waals surface area contributed by atoms with Crippen LogP contribution in [0.15, 0.2) is 42.5 Å². The number of ether oxygens (including phenoxy) is 2. The van der Waals surface area contributed by atoms with Crippen LogP contribution in [0.3, 0.4) is 0 Å². The molecule has 8 heteroatoms. The summed E-state index contributed by atoms with van der Waals surface area (Å²) in [7, 11) is 2.91. The van der Waals surface area contributed by atoms with E-state index in [-0.39, 0.29) is 29.9 Å². The summed E-state index contributed by atoms with van der Waals surface area (Å²) in [5, 5.41) is 11.3. The number of rotatable bonds is 6. The molecule has 152 valence electrons. The minimum Gasteiger partial charge on any atom is -0.477 e. The quantitative estimate of drug-likeness (QED) is 0.421. The van der Waals surface area contributed by atoms with E-state index in [0.29, 0.717) is 0 Å². The number of aryl methyl sites for hydroxylation is 1.